The average Bonchev–Trinajstić information content (AvgIpc) is 2.65. The molecule has 0 unspecified atom stereocenters. The van der Waals surface area contributed by atoms with E-state index in [2.05, 4.69) is 91.0 Å². The highest BCUT2D eigenvalue weighted by Crippen LogP contribution is 2.40. The molecule has 2 aromatic rings. The molecule has 2 heteroatoms. The molecule has 0 aliphatic heterocycles. The van der Waals surface area contributed by atoms with Crippen molar-refractivity contribution in [3.63, 3.8) is 0 Å². The fourth-order valence-corrected chi connectivity index (χ4v) is 4.35. The fourth-order valence-electron chi connectivity index (χ4n) is 3.83. The van der Waals surface area contributed by atoms with Crippen LogP contribution in [0.25, 0.3) is 0 Å². The number of aryl methyl sites for hydroxylation is 2. The molecule has 0 aromatic heterocycles. The van der Waals surface area contributed by atoms with Crippen LogP contribution in [0.1, 0.15) is 103 Å². The summed E-state index contributed by atoms with van der Waals surface area (Å²) in [5.74, 6) is 0. The van der Waals surface area contributed by atoms with Crippen LogP contribution in [-0.4, -0.2) is 0 Å². The first kappa shape index (κ1) is 24.9. The molecule has 0 spiro atoms. The van der Waals surface area contributed by atoms with Crippen LogP contribution in [0, 0.1) is 0 Å². The van der Waals surface area contributed by atoms with Crippen LogP contribution in [0.2, 0.25) is 0 Å². The maximum absolute atomic E-state index is 5.03. The van der Waals surface area contributed by atoms with Crippen molar-refractivity contribution in [1.29, 1.82) is 0 Å². The predicted molar refractivity (Wildman–Crippen MR) is 138 cm³/mol. The van der Waals surface area contributed by atoms with Gasteiger partial charge in [-0.3, -0.25) is 0 Å². The molecular formula is C28H43NS. The molecule has 2 rings (SSSR count). The van der Waals surface area contributed by atoms with Crippen LogP contribution in [0.4, 0.5) is 11.4 Å². The van der Waals surface area contributed by atoms with Gasteiger partial charge in [-0.25, -0.2) is 0 Å². The number of anilines is 2. The van der Waals surface area contributed by atoms with Crippen LogP contribution in [0.15, 0.2) is 35.2 Å². The zero-order valence-corrected chi connectivity index (χ0v) is 21.5. The van der Waals surface area contributed by atoms with Crippen molar-refractivity contribution in [2.24, 2.45) is 0 Å². The van der Waals surface area contributed by atoms with Gasteiger partial charge in [0.2, 0.25) is 0 Å². The smallest absolute Gasteiger partial charge is 0.0525 e. The Morgan fingerprint density at radius 2 is 1.33 bits per heavy atom. The van der Waals surface area contributed by atoms with Crippen LogP contribution in [0.3, 0.4) is 0 Å². The molecule has 0 aliphatic rings. The van der Waals surface area contributed by atoms with E-state index in [1.165, 1.54) is 53.6 Å². The summed E-state index contributed by atoms with van der Waals surface area (Å²) in [6.45, 7) is 18.2. The standard InChI is InChI=1S/C28H43NS/c1-9-11-14-20-16-13-17-21(15-12-10-2)25(20)29-24-19-22(27(3,4)5)18-23(26(24)30)28(6,7)8/h13,16-19,29-30H,9-12,14-15H2,1-8H3. The van der Waals surface area contributed by atoms with Gasteiger partial charge in [-0.15, -0.1) is 12.6 Å². The second-order valence-electron chi connectivity index (χ2n) is 10.7. The zero-order chi connectivity index (χ0) is 22.5. The summed E-state index contributed by atoms with van der Waals surface area (Å²) in [6.07, 6.45) is 7.09. The van der Waals surface area contributed by atoms with Gasteiger partial charge in [-0.05, 0) is 64.8 Å². The third-order valence-electron chi connectivity index (χ3n) is 5.88. The summed E-state index contributed by atoms with van der Waals surface area (Å²) < 4.78 is 0. The monoisotopic (exact) mass is 425 g/mol. The number of nitrogens with one attached hydrogen (secondary N) is 1. The highest BCUT2D eigenvalue weighted by molar-refractivity contribution is 7.80. The number of para-hydroxylation sites is 1. The largest absolute Gasteiger partial charge is 0.354 e. The summed E-state index contributed by atoms with van der Waals surface area (Å²) in [4.78, 5) is 1.07. The van der Waals surface area contributed by atoms with Crippen LogP contribution < -0.4 is 5.32 Å². The topological polar surface area (TPSA) is 12.0 Å². The highest BCUT2D eigenvalue weighted by Gasteiger charge is 2.24. The number of thiol groups is 1. The molecule has 0 radical (unpaired) electrons. The second kappa shape index (κ2) is 10.3. The third-order valence-corrected chi connectivity index (χ3v) is 6.36. The second-order valence-corrected chi connectivity index (χ2v) is 11.2. The van der Waals surface area contributed by atoms with Gasteiger partial charge < -0.3 is 5.32 Å². The minimum Gasteiger partial charge on any atom is -0.354 e. The summed E-state index contributed by atoms with van der Waals surface area (Å²) in [5.41, 5.74) is 8.09. The first-order chi connectivity index (χ1) is 14.0. The lowest BCUT2D eigenvalue weighted by Gasteiger charge is -2.29. The molecule has 166 valence electrons. The van der Waals surface area contributed by atoms with Gasteiger partial charge in [0.25, 0.3) is 0 Å². The first-order valence-corrected chi connectivity index (χ1v) is 12.2. The first-order valence-electron chi connectivity index (χ1n) is 11.7. The summed E-state index contributed by atoms with van der Waals surface area (Å²) in [7, 11) is 0. The molecule has 0 fully saturated rings. The van der Waals surface area contributed by atoms with E-state index in [1.54, 1.807) is 0 Å². The van der Waals surface area contributed by atoms with E-state index in [1.807, 2.05) is 0 Å². The third kappa shape index (κ3) is 6.30. The van der Waals surface area contributed by atoms with Crippen molar-refractivity contribution in [1.82, 2.24) is 0 Å². The van der Waals surface area contributed by atoms with Crippen molar-refractivity contribution >= 4 is 24.0 Å². The molecule has 0 aliphatic carbocycles. The number of unbranched alkanes of at least 4 members (excludes halogenated alkanes) is 2. The van der Waals surface area contributed by atoms with Gasteiger partial charge in [-0.1, -0.05) is 92.5 Å². The molecule has 2 aromatic carbocycles. The molecule has 0 bridgehead atoms. The average molecular weight is 426 g/mol. The molecule has 0 saturated heterocycles. The van der Waals surface area contributed by atoms with Crippen molar-refractivity contribution < 1.29 is 0 Å². The van der Waals surface area contributed by atoms with Gasteiger partial charge in [0.05, 0.1) is 5.69 Å². The predicted octanol–water partition coefficient (Wildman–Crippen LogP) is 9.00. The number of benzene rings is 2. The Hall–Kier alpha value is -1.41. The van der Waals surface area contributed by atoms with Crippen molar-refractivity contribution in [2.45, 2.75) is 110 Å². The van der Waals surface area contributed by atoms with E-state index in [-0.39, 0.29) is 10.8 Å². The van der Waals surface area contributed by atoms with Crippen LogP contribution in [-0.2, 0) is 23.7 Å². The lowest BCUT2D eigenvalue weighted by molar-refractivity contribution is 0.560. The molecule has 1 N–H and O–H groups in total. The maximum Gasteiger partial charge on any atom is 0.0525 e. The van der Waals surface area contributed by atoms with Gasteiger partial charge in [0.15, 0.2) is 0 Å². The SMILES string of the molecule is CCCCc1cccc(CCCC)c1Nc1cc(C(C)(C)C)cc(C(C)(C)C)c1S. The summed E-state index contributed by atoms with van der Waals surface area (Å²) in [5, 5.41) is 3.88. The van der Waals surface area contributed by atoms with Gasteiger partial charge in [-0.2, -0.15) is 0 Å². The molecule has 1 nitrogen and oxygen atoms in total. The fraction of sp³-hybridized carbons (Fsp3) is 0.571. The van der Waals surface area contributed by atoms with Crippen LogP contribution in [0.5, 0.6) is 0 Å². The number of rotatable bonds is 8. The lowest BCUT2D eigenvalue weighted by Crippen LogP contribution is -2.18. The Balaban J connectivity index is 2.62. The van der Waals surface area contributed by atoms with Gasteiger partial charge >= 0.3 is 0 Å². The molecule has 30 heavy (non-hydrogen) atoms. The van der Waals surface area contributed by atoms with E-state index in [0.29, 0.717) is 0 Å². The maximum atomic E-state index is 5.03. The Labute approximate surface area is 191 Å². The minimum absolute atomic E-state index is 0.0432. The van der Waals surface area contributed by atoms with E-state index in [0.717, 1.165) is 23.4 Å². The normalized spacial score (nSPS) is 12.3. The molecular weight excluding hydrogens is 382 g/mol. The Morgan fingerprint density at radius 1 is 0.800 bits per heavy atom. The Bertz CT molecular complexity index is 811. The highest BCUT2D eigenvalue weighted by atomic mass is 32.1. The lowest BCUT2D eigenvalue weighted by atomic mass is 9.80. The summed E-state index contributed by atoms with van der Waals surface area (Å²) in [6, 6.07) is 11.5. The van der Waals surface area contributed by atoms with E-state index in [9.17, 15) is 0 Å². The number of hydrogen-bond acceptors (Lipinski definition) is 2. The van der Waals surface area contributed by atoms with Crippen molar-refractivity contribution in [2.75, 3.05) is 5.32 Å². The molecule has 0 heterocycles. The van der Waals surface area contributed by atoms with Gasteiger partial charge in [0.1, 0.15) is 0 Å². The van der Waals surface area contributed by atoms with Gasteiger partial charge in [0, 0.05) is 10.6 Å². The number of hydrogen-bond donors (Lipinski definition) is 2. The zero-order valence-electron chi connectivity index (χ0n) is 20.6. The van der Waals surface area contributed by atoms with Crippen molar-refractivity contribution in [3.05, 3.63) is 52.6 Å². The van der Waals surface area contributed by atoms with Crippen LogP contribution >= 0.6 is 12.6 Å². The molecule has 0 saturated carbocycles. The Kier molecular flexibility index (Phi) is 8.51. The summed E-state index contributed by atoms with van der Waals surface area (Å²) >= 11 is 5.03. The van der Waals surface area contributed by atoms with E-state index < -0.39 is 0 Å². The van der Waals surface area contributed by atoms with E-state index >= 15 is 0 Å². The molecule has 0 atom stereocenters. The minimum atomic E-state index is 0.0432. The van der Waals surface area contributed by atoms with Crippen molar-refractivity contribution in [3.8, 4) is 0 Å². The quantitative estimate of drug-likeness (QED) is 0.402. The molecule has 0 amide bonds. The Morgan fingerprint density at radius 3 is 1.77 bits per heavy atom. The van der Waals surface area contributed by atoms with E-state index in [4.69, 9.17) is 12.6 Å².